The Hall–Kier alpha value is -3.45. The molecule has 5 nitrogen and oxygen atoms in total. The van der Waals surface area contributed by atoms with Crippen molar-refractivity contribution >= 4 is 17.7 Å². The van der Waals surface area contributed by atoms with E-state index in [9.17, 15) is 9.18 Å². The van der Waals surface area contributed by atoms with Crippen molar-refractivity contribution < 1.29 is 9.18 Å². The van der Waals surface area contributed by atoms with Crippen LogP contribution in [0.4, 0.5) is 4.39 Å². The summed E-state index contributed by atoms with van der Waals surface area (Å²) < 4.78 is 16.3. The Morgan fingerprint density at radius 2 is 1.69 bits per heavy atom. The summed E-state index contributed by atoms with van der Waals surface area (Å²) in [5.74, 6) is 0.0723. The predicted molar refractivity (Wildman–Crippen MR) is 125 cm³/mol. The van der Waals surface area contributed by atoms with Crippen molar-refractivity contribution in [3.63, 3.8) is 0 Å². The highest BCUT2D eigenvalue weighted by molar-refractivity contribution is 7.99. The van der Waals surface area contributed by atoms with Gasteiger partial charge in [0.05, 0.1) is 17.4 Å². The third-order valence-electron chi connectivity index (χ3n) is 5.13. The molecule has 1 amide bonds. The van der Waals surface area contributed by atoms with Crippen LogP contribution in [0.2, 0.25) is 0 Å². The molecule has 0 fully saturated rings. The van der Waals surface area contributed by atoms with Crippen LogP contribution in [0.25, 0.3) is 17.1 Å². The lowest BCUT2D eigenvalue weighted by Crippen LogP contribution is -2.28. The minimum Gasteiger partial charge on any atom is -0.349 e. The standard InChI is InChI=1S/C25H23FN4OS/c1-17-10-6-7-13-20(17)18(2)27-23(31)16-32-25-29-28-24(21-14-8-9-15-22(21)26)30(25)19-11-4-3-5-12-19/h3-15,18H,16H2,1-2H3,(H,27,31). The number of para-hydroxylation sites is 1. The number of carbonyl (C=O) groups is 1. The van der Waals surface area contributed by atoms with E-state index in [1.54, 1.807) is 22.8 Å². The fourth-order valence-electron chi connectivity index (χ4n) is 3.55. The molecule has 1 aromatic heterocycles. The van der Waals surface area contributed by atoms with Gasteiger partial charge in [0.2, 0.25) is 5.91 Å². The summed E-state index contributed by atoms with van der Waals surface area (Å²) in [6, 6.07) is 23.8. The lowest BCUT2D eigenvalue weighted by Gasteiger charge is -2.16. The second-order valence-electron chi connectivity index (χ2n) is 7.39. The third-order valence-corrected chi connectivity index (χ3v) is 6.06. The first kappa shape index (κ1) is 21.8. The van der Waals surface area contributed by atoms with Gasteiger partial charge in [-0.2, -0.15) is 0 Å². The minimum atomic E-state index is -0.376. The van der Waals surface area contributed by atoms with Crippen molar-refractivity contribution in [1.29, 1.82) is 0 Å². The number of hydrogen-bond acceptors (Lipinski definition) is 4. The number of rotatable bonds is 7. The van der Waals surface area contributed by atoms with E-state index in [1.807, 2.05) is 68.4 Å². The molecule has 0 bridgehead atoms. The van der Waals surface area contributed by atoms with Crippen molar-refractivity contribution in [3.8, 4) is 17.1 Å². The Balaban J connectivity index is 1.56. The number of nitrogens with one attached hydrogen (secondary N) is 1. The van der Waals surface area contributed by atoms with Crippen LogP contribution in [0.1, 0.15) is 24.1 Å². The van der Waals surface area contributed by atoms with Crippen LogP contribution < -0.4 is 5.32 Å². The molecule has 0 aliphatic carbocycles. The molecule has 0 aliphatic heterocycles. The molecule has 4 aromatic rings. The molecule has 0 saturated carbocycles. The van der Waals surface area contributed by atoms with E-state index in [1.165, 1.54) is 17.8 Å². The molecule has 0 radical (unpaired) electrons. The third kappa shape index (κ3) is 4.73. The Kier molecular flexibility index (Phi) is 6.66. The van der Waals surface area contributed by atoms with Crippen molar-refractivity contribution in [3.05, 3.63) is 95.8 Å². The lowest BCUT2D eigenvalue weighted by molar-refractivity contribution is -0.119. The molecule has 1 atom stereocenters. The van der Waals surface area contributed by atoms with Crippen molar-refractivity contribution in [2.24, 2.45) is 0 Å². The van der Waals surface area contributed by atoms with Crippen LogP contribution in [-0.4, -0.2) is 26.4 Å². The highest BCUT2D eigenvalue weighted by Crippen LogP contribution is 2.29. The van der Waals surface area contributed by atoms with Crippen LogP contribution in [0.3, 0.4) is 0 Å². The SMILES string of the molecule is Cc1ccccc1C(C)NC(=O)CSc1nnc(-c2ccccc2F)n1-c1ccccc1. The summed E-state index contributed by atoms with van der Waals surface area (Å²) in [6.45, 7) is 3.99. The first-order chi connectivity index (χ1) is 15.5. The quantitative estimate of drug-likeness (QED) is 0.389. The maximum absolute atomic E-state index is 14.5. The zero-order valence-electron chi connectivity index (χ0n) is 17.8. The molecule has 162 valence electrons. The van der Waals surface area contributed by atoms with Crippen LogP contribution in [0.15, 0.2) is 84.0 Å². The Morgan fingerprint density at radius 1 is 1.00 bits per heavy atom. The zero-order valence-corrected chi connectivity index (χ0v) is 18.6. The summed E-state index contributed by atoms with van der Waals surface area (Å²) >= 11 is 1.27. The zero-order chi connectivity index (χ0) is 22.5. The smallest absolute Gasteiger partial charge is 0.230 e. The summed E-state index contributed by atoms with van der Waals surface area (Å²) in [6.07, 6.45) is 0. The van der Waals surface area contributed by atoms with Crippen LogP contribution in [0, 0.1) is 12.7 Å². The highest BCUT2D eigenvalue weighted by Gasteiger charge is 2.20. The van der Waals surface area contributed by atoms with Crippen molar-refractivity contribution in [2.75, 3.05) is 5.75 Å². The summed E-state index contributed by atoms with van der Waals surface area (Å²) in [7, 11) is 0. The van der Waals surface area contributed by atoms with Gasteiger partial charge in [0.1, 0.15) is 5.82 Å². The molecular weight excluding hydrogens is 423 g/mol. The number of thioether (sulfide) groups is 1. The van der Waals surface area contributed by atoms with E-state index in [-0.39, 0.29) is 23.5 Å². The minimum absolute atomic E-state index is 0.106. The molecule has 7 heteroatoms. The molecule has 4 rings (SSSR count). The average Bonchev–Trinajstić information content (AvgIpc) is 3.22. The lowest BCUT2D eigenvalue weighted by atomic mass is 10.0. The number of hydrogen-bond donors (Lipinski definition) is 1. The van der Waals surface area contributed by atoms with Gasteiger partial charge in [-0.1, -0.05) is 66.4 Å². The number of carbonyl (C=O) groups excluding carboxylic acids is 1. The summed E-state index contributed by atoms with van der Waals surface area (Å²) in [4.78, 5) is 12.6. The van der Waals surface area contributed by atoms with Gasteiger partial charge >= 0.3 is 0 Å². The topological polar surface area (TPSA) is 59.8 Å². The van der Waals surface area contributed by atoms with Gasteiger partial charge in [0.25, 0.3) is 0 Å². The van der Waals surface area contributed by atoms with E-state index in [0.717, 1.165) is 16.8 Å². The fourth-order valence-corrected chi connectivity index (χ4v) is 4.32. The second kappa shape index (κ2) is 9.78. The number of nitrogens with zero attached hydrogens (tertiary/aromatic N) is 3. The first-order valence-electron chi connectivity index (χ1n) is 10.3. The Bertz CT molecular complexity index is 1230. The molecule has 0 spiro atoms. The molecule has 32 heavy (non-hydrogen) atoms. The maximum Gasteiger partial charge on any atom is 0.230 e. The Labute approximate surface area is 190 Å². The summed E-state index contributed by atoms with van der Waals surface area (Å²) in [5.41, 5.74) is 3.37. The molecule has 3 aromatic carbocycles. The number of benzene rings is 3. The van der Waals surface area contributed by atoms with Crippen LogP contribution in [-0.2, 0) is 4.79 Å². The van der Waals surface area contributed by atoms with Gasteiger partial charge in [0.15, 0.2) is 11.0 Å². The fraction of sp³-hybridized carbons (Fsp3) is 0.160. The maximum atomic E-state index is 14.5. The molecule has 1 heterocycles. The normalized spacial score (nSPS) is 11.8. The molecule has 1 unspecified atom stereocenters. The highest BCUT2D eigenvalue weighted by atomic mass is 32.2. The van der Waals surface area contributed by atoms with Gasteiger partial charge in [-0.3, -0.25) is 9.36 Å². The summed E-state index contributed by atoms with van der Waals surface area (Å²) in [5, 5.41) is 12.1. The average molecular weight is 447 g/mol. The molecule has 1 N–H and O–H groups in total. The van der Waals surface area contributed by atoms with Crippen molar-refractivity contribution in [2.45, 2.75) is 25.0 Å². The molecular formula is C25H23FN4OS. The monoisotopic (exact) mass is 446 g/mol. The van der Waals surface area contributed by atoms with Gasteiger partial charge < -0.3 is 5.32 Å². The van der Waals surface area contributed by atoms with Gasteiger partial charge in [-0.05, 0) is 49.2 Å². The van der Waals surface area contributed by atoms with Crippen molar-refractivity contribution in [1.82, 2.24) is 20.1 Å². The van der Waals surface area contributed by atoms with Crippen LogP contribution in [0.5, 0.6) is 0 Å². The largest absolute Gasteiger partial charge is 0.349 e. The van der Waals surface area contributed by atoms with E-state index in [4.69, 9.17) is 0 Å². The number of aromatic nitrogens is 3. The number of amides is 1. The Morgan fingerprint density at radius 3 is 2.44 bits per heavy atom. The van der Waals surface area contributed by atoms with Gasteiger partial charge in [-0.15, -0.1) is 10.2 Å². The number of halogens is 1. The molecule has 0 aliphatic rings. The second-order valence-corrected chi connectivity index (χ2v) is 8.33. The first-order valence-corrected chi connectivity index (χ1v) is 11.3. The van der Waals surface area contributed by atoms with Gasteiger partial charge in [-0.25, -0.2) is 4.39 Å². The van der Waals surface area contributed by atoms with E-state index in [2.05, 4.69) is 15.5 Å². The number of aryl methyl sites for hydroxylation is 1. The van der Waals surface area contributed by atoms with E-state index < -0.39 is 0 Å². The van der Waals surface area contributed by atoms with Gasteiger partial charge in [0, 0.05) is 5.69 Å². The van der Waals surface area contributed by atoms with E-state index >= 15 is 0 Å². The molecule has 0 saturated heterocycles. The van der Waals surface area contributed by atoms with Crippen LogP contribution >= 0.6 is 11.8 Å². The predicted octanol–water partition coefficient (Wildman–Crippen LogP) is 5.35. The van der Waals surface area contributed by atoms with E-state index in [0.29, 0.717) is 16.5 Å².